The number of allylic oxidation sites excluding steroid dienone is 2. The minimum atomic E-state index is 0.361. The van der Waals surface area contributed by atoms with Gasteiger partial charge in [0.2, 0.25) is 0 Å². The molecule has 2 heteroatoms. The highest BCUT2D eigenvalue weighted by molar-refractivity contribution is 4.71. The minimum absolute atomic E-state index is 0.361. The second kappa shape index (κ2) is 23.7. The fraction of sp³-hybridized carbons (Fsp3) is 0.852. The molecule has 0 amide bonds. The van der Waals surface area contributed by atoms with E-state index in [4.69, 9.17) is 9.47 Å². The molecule has 0 heterocycles. The van der Waals surface area contributed by atoms with Crippen LogP contribution in [0.1, 0.15) is 117 Å². The molecule has 29 heavy (non-hydrogen) atoms. The SMILES string of the molecule is C=CCCCCCCCCOC(CC)C(CCCCCCCC=C)COCCC. The molecule has 0 spiro atoms. The molecular weight excluding hydrogens is 356 g/mol. The van der Waals surface area contributed by atoms with E-state index >= 15 is 0 Å². The highest BCUT2D eigenvalue weighted by Crippen LogP contribution is 2.21. The molecule has 0 saturated carbocycles. The highest BCUT2D eigenvalue weighted by atomic mass is 16.5. The standard InChI is InChI=1S/C27H52O2/c1-5-9-11-13-15-17-19-21-24-29-27(8-4)26(25-28-23-7-3)22-20-18-16-14-12-10-6-2/h5-6,26-27H,1-2,7-25H2,3-4H3. The van der Waals surface area contributed by atoms with E-state index < -0.39 is 0 Å². The third-order valence-corrected chi connectivity index (χ3v) is 5.73. The molecule has 2 unspecified atom stereocenters. The molecule has 0 aliphatic carbocycles. The molecule has 2 nitrogen and oxygen atoms in total. The smallest absolute Gasteiger partial charge is 0.0622 e. The van der Waals surface area contributed by atoms with Crippen LogP contribution in [0.15, 0.2) is 25.3 Å². The van der Waals surface area contributed by atoms with Crippen LogP contribution < -0.4 is 0 Å². The third kappa shape index (κ3) is 19.1. The number of hydrogen-bond acceptors (Lipinski definition) is 2. The average Bonchev–Trinajstić information content (AvgIpc) is 2.73. The van der Waals surface area contributed by atoms with Crippen molar-refractivity contribution in [3.05, 3.63) is 25.3 Å². The quantitative estimate of drug-likeness (QED) is 0.117. The molecule has 2 atom stereocenters. The summed E-state index contributed by atoms with van der Waals surface area (Å²) >= 11 is 0. The first-order valence-electron chi connectivity index (χ1n) is 12.7. The maximum absolute atomic E-state index is 6.34. The summed E-state index contributed by atoms with van der Waals surface area (Å²) in [6.07, 6.45) is 24.6. The molecule has 0 saturated heterocycles. The summed E-state index contributed by atoms with van der Waals surface area (Å²) in [5.41, 5.74) is 0. The van der Waals surface area contributed by atoms with Crippen LogP contribution in [0.5, 0.6) is 0 Å². The predicted molar refractivity (Wildman–Crippen MR) is 130 cm³/mol. The van der Waals surface area contributed by atoms with Gasteiger partial charge in [0, 0.05) is 19.1 Å². The third-order valence-electron chi connectivity index (χ3n) is 5.73. The van der Waals surface area contributed by atoms with E-state index in [0.29, 0.717) is 12.0 Å². The Morgan fingerprint density at radius 3 is 1.79 bits per heavy atom. The van der Waals surface area contributed by atoms with E-state index in [2.05, 4.69) is 27.0 Å². The largest absolute Gasteiger partial charge is 0.381 e. The zero-order chi connectivity index (χ0) is 21.4. The van der Waals surface area contributed by atoms with Gasteiger partial charge in [-0.2, -0.15) is 0 Å². The maximum atomic E-state index is 6.34. The lowest BCUT2D eigenvalue weighted by atomic mass is 9.94. The Hall–Kier alpha value is -0.600. The van der Waals surface area contributed by atoms with Gasteiger partial charge in [0.25, 0.3) is 0 Å². The van der Waals surface area contributed by atoms with Crippen LogP contribution in [0.4, 0.5) is 0 Å². The van der Waals surface area contributed by atoms with E-state index in [0.717, 1.165) is 45.5 Å². The summed E-state index contributed by atoms with van der Waals surface area (Å²) in [5, 5.41) is 0. The molecule has 172 valence electrons. The van der Waals surface area contributed by atoms with Gasteiger partial charge in [-0.05, 0) is 51.4 Å². The molecule has 0 rings (SSSR count). The summed E-state index contributed by atoms with van der Waals surface area (Å²) in [6, 6.07) is 0. The van der Waals surface area contributed by atoms with E-state index in [9.17, 15) is 0 Å². The summed E-state index contributed by atoms with van der Waals surface area (Å²) in [7, 11) is 0. The van der Waals surface area contributed by atoms with Gasteiger partial charge in [0.1, 0.15) is 0 Å². The molecule has 0 bridgehead atoms. The van der Waals surface area contributed by atoms with E-state index in [-0.39, 0.29) is 0 Å². The van der Waals surface area contributed by atoms with Gasteiger partial charge < -0.3 is 9.47 Å². The first-order valence-corrected chi connectivity index (χ1v) is 12.7. The van der Waals surface area contributed by atoms with Crippen LogP contribution in [0, 0.1) is 5.92 Å². The Morgan fingerprint density at radius 2 is 1.24 bits per heavy atom. The summed E-state index contributed by atoms with van der Waals surface area (Å²) in [4.78, 5) is 0. The molecule has 0 aromatic rings. The van der Waals surface area contributed by atoms with Gasteiger partial charge in [-0.1, -0.05) is 77.4 Å². The Labute approximate surface area is 183 Å². The molecule has 0 aliphatic rings. The van der Waals surface area contributed by atoms with Crippen molar-refractivity contribution in [2.24, 2.45) is 5.92 Å². The van der Waals surface area contributed by atoms with Gasteiger partial charge in [0.05, 0.1) is 12.7 Å². The molecule has 0 aromatic heterocycles. The Bertz CT molecular complexity index is 339. The second-order valence-corrected chi connectivity index (χ2v) is 8.48. The fourth-order valence-electron chi connectivity index (χ4n) is 3.90. The first-order chi connectivity index (χ1) is 14.3. The van der Waals surface area contributed by atoms with E-state index in [1.165, 1.54) is 77.0 Å². The van der Waals surface area contributed by atoms with Gasteiger partial charge in [-0.3, -0.25) is 0 Å². The van der Waals surface area contributed by atoms with Crippen LogP contribution >= 0.6 is 0 Å². The van der Waals surface area contributed by atoms with E-state index in [1.807, 2.05) is 12.2 Å². The van der Waals surface area contributed by atoms with Crippen LogP contribution in [-0.4, -0.2) is 25.9 Å². The zero-order valence-corrected chi connectivity index (χ0v) is 20.0. The van der Waals surface area contributed by atoms with Crippen molar-refractivity contribution in [1.29, 1.82) is 0 Å². The molecule has 0 fully saturated rings. The maximum Gasteiger partial charge on any atom is 0.0622 e. The number of hydrogen-bond donors (Lipinski definition) is 0. The van der Waals surface area contributed by atoms with Crippen molar-refractivity contribution in [1.82, 2.24) is 0 Å². The lowest BCUT2D eigenvalue weighted by molar-refractivity contribution is -0.0293. The van der Waals surface area contributed by atoms with Crippen LogP contribution in [0.3, 0.4) is 0 Å². The molecule has 0 N–H and O–H groups in total. The number of unbranched alkanes of at least 4 members (excludes halogenated alkanes) is 11. The van der Waals surface area contributed by atoms with E-state index in [1.54, 1.807) is 0 Å². The number of ether oxygens (including phenoxy) is 2. The molecular formula is C27H52O2. The summed E-state index contributed by atoms with van der Waals surface area (Å²) < 4.78 is 12.3. The topological polar surface area (TPSA) is 18.5 Å². The van der Waals surface area contributed by atoms with Crippen LogP contribution in [-0.2, 0) is 9.47 Å². The minimum Gasteiger partial charge on any atom is -0.381 e. The van der Waals surface area contributed by atoms with Gasteiger partial charge >= 0.3 is 0 Å². The fourth-order valence-corrected chi connectivity index (χ4v) is 3.90. The van der Waals surface area contributed by atoms with Crippen molar-refractivity contribution >= 4 is 0 Å². The Balaban J connectivity index is 4.03. The van der Waals surface area contributed by atoms with Gasteiger partial charge in [0.15, 0.2) is 0 Å². The van der Waals surface area contributed by atoms with Crippen LogP contribution in [0.25, 0.3) is 0 Å². The Kier molecular flexibility index (Phi) is 23.2. The van der Waals surface area contributed by atoms with Crippen molar-refractivity contribution < 1.29 is 9.47 Å². The monoisotopic (exact) mass is 408 g/mol. The van der Waals surface area contributed by atoms with Crippen molar-refractivity contribution in [2.75, 3.05) is 19.8 Å². The Morgan fingerprint density at radius 1 is 0.690 bits per heavy atom. The summed E-state index contributed by atoms with van der Waals surface area (Å²) in [5.74, 6) is 0.554. The highest BCUT2D eigenvalue weighted by Gasteiger charge is 2.20. The first kappa shape index (κ1) is 28.4. The summed E-state index contributed by atoms with van der Waals surface area (Å²) in [6.45, 7) is 14.7. The van der Waals surface area contributed by atoms with Crippen molar-refractivity contribution in [3.8, 4) is 0 Å². The average molecular weight is 409 g/mol. The lowest BCUT2D eigenvalue weighted by Gasteiger charge is -2.27. The van der Waals surface area contributed by atoms with Gasteiger partial charge in [-0.15, -0.1) is 13.2 Å². The van der Waals surface area contributed by atoms with Crippen molar-refractivity contribution in [3.63, 3.8) is 0 Å². The predicted octanol–water partition coefficient (Wildman–Crippen LogP) is 8.66. The zero-order valence-electron chi connectivity index (χ0n) is 20.0. The van der Waals surface area contributed by atoms with Gasteiger partial charge in [-0.25, -0.2) is 0 Å². The molecule has 0 aromatic carbocycles. The van der Waals surface area contributed by atoms with Crippen LogP contribution in [0.2, 0.25) is 0 Å². The lowest BCUT2D eigenvalue weighted by Crippen LogP contribution is -2.28. The van der Waals surface area contributed by atoms with Crippen molar-refractivity contribution in [2.45, 2.75) is 123 Å². The second-order valence-electron chi connectivity index (χ2n) is 8.48. The molecule has 0 radical (unpaired) electrons. The normalized spacial score (nSPS) is 13.3. The molecule has 0 aliphatic heterocycles. The number of rotatable bonds is 24.